The molecular weight excluding hydrogens is 242 g/mol. The molecule has 0 bridgehead atoms. The number of anilines is 1. The lowest BCUT2D eigenvalue weighted by molar-refractivity contribution is 1.10. The van der Waals surface area contributed by atoms with E-state index in [0.717, 1.165) is 10.6 Å². The first-order valence-corrected chi connectivity index (χ1v) is 6.39. The van der Waals surface area contributed by atoms with Gasteiger partial charge in [0.15, 0.2) is 0 Å². The second kappa shape index (κ2) is 4.58. The second-order valence-corrected chi connectivity index (χ2v) is 4.90. The largest absolute Gasteiger partial charge is 0.374 e. The molecule has 3 nitrogen and oxygen atoms in total. The van der Waals surface area contributed by atoms with Crippen molar-refractivity contribution in [2.45, 2.75) is 0 Å². The van der Waals surface area contributed by atoms with E-state index in [-0.39, 0.29) is 0 Å². The summed E-state index contributed by atoms with van der Waals surface area (Å²) in [6.45, 7) is 0. The van der Waals surface area contributed by atoms with Gasteiger partial charge in [0.1, 0.15) is 5.01 Å². The monoisotopic (exact) mass is 253 g/mol. The zero-order valence-electron chi connectivity index (χ0n) is 9.58. The number of nitrogen functional groups attached to an aromatic ring is 1. The molecule has 0 aliphatic heterocycles. The predicted octanol–water partition coefficient (Wildman–Crippen LogP) is 3.45. The number of rotatable bonds is 2. The van der Waals surface area contributed by atoms with Gasteiger partial charge in [-0.15, -0.1) is 10.2 Å². The van der Waals surface area contributed by atoms with Crippen LogP contribution >= 0.6 is 11.3 Å². The minimum absolute atomic E-state index is 0.495. The fourth-order valence-corrected chi connectivity index (χ4v) is 2.42. The van der Waals surface area contributed by atoms with Crippen molar-refractivity contribution in [3.8, 4) is 21.7 Å². The number of hydrogen-bond acceptors (Lipinski definition) is 4. The quantitative estimate of drug-likeness (QED) is 0.761. The Hall–Kier alpha value is -2.20. The van der Waals surface area contributed by atoms with E-state index >= 15 is 0 Å². The molecule has 0 fully saturated rings. The summed E-state index contributed by atoms with van der Waals surface area (Å²) >= 11 is 1.40. The maximum absolute atomic E-state index is 5.61. The second-order valence-electron chi connectivity index (χ2n) is 3.89. The first-order chi connectivity index (χ1) is 8.83. The van der Waals surface area contributed by atoms with Gasteiger partial charge in [0.05, 0.1) is 0 Å². The van der Waals surface area contributed by atoms with Gasteiger partial charge in [-0.25, -0.2) is 0 Å². The smallest absolute Gasteiger partial charge is 0.203 e. The van der Waals surface area contributed by atoms with E-state index in [0.29, 0.717) is 5.13 Å². The van der Waals surface area contributed by atoms with Gasteiger partial charge in [0, 0.05) is 5.56 Å². The number of benzene rings is 2. The van der Waals surface area contributed by atoms with E-state index in [9.17, 15) is 0 Å². The lowest BCUT2D eigenvalue weighted by atomic mass is 10.0. The summed E-state index contributed by atoms with van der Waals surface area (Å²) in [5.41, 5.74) is 9.02. The average Bonchev–Trinajstić information content (AvgIpc) is 2.87. The minimum atomic E-state index is 0.495. The van der Waals surface area contributed by atoms with E-state index in [4.69, 9.17) is 5.73 Å². The van der Waals surface area contributed by atoms with Crippen LogP contribution in [0.4, 0.5) is 5.13 Å². The molecule has 1 aromatic heterocycles. The standard InChI is InChI=1S/C14H11N3S/c15-14-17-16-13(18-14)12-8-4-7-11(9-12)10-5-2-1-3-6-10/h1-9H,(H2,15,17). The van der Waals surface area contributed by atoms with Crippen LogP contribution in [0, 0.1) is 0 Å². The topological polar surface area (TPSA) is 51.8 Å². The summed E-state index contributed by atoms with van der Waals surface area (Å²) in [5.74, 6) is 0. The van der Waals surface area contributed by atoms with Crippen molar-refractivity contribution >= 4 is 16.5 Å². The molecule has 0 unspecified atom stereocenters. The Bertz CT molecular complexity index is 662. The average molecular weight is 253 g/mol. The van der Waals surface area contributed by atoms with Crippen molar-refractivity contribution in [3.63, 3.8) is 0 Å². The van der Waals surface area contributed by atoms with Crippen molar-refractivity contribution in [1.82, 2.24) is 10.2 Å². The molecule has 3 rings (SSSR count). The third-order valence-corrected chi connectivity index (χ3v) is 3.46. The van der Waals surface area contributed by atoms with Crippen LogP contribution in [0.3, 0.4) is 0 Å². The van der Waals surface area contributed by atoms with Gasteiger partial charge in [-0.05, 0) is 17.2 Å². The summed E-state index contributed by atoms with van der Waals surface area (Å²) in [6.07, 6.45) is 0. The molecular formula is C14H11N3S. The van der Waals surface area contributed by atoms with Crippen molar-refractivity contribution in [1.29, 1.82) is 0 Å². The van der Waals surface area contributed by atoms with Crippen LogP contribution in [0.2, 0.25) is 0 Å². The maximum atomic E-state index is 5.61. The van der Waals surface area contributed by atoms with Gasteiger partial charge in [-0.3, -0.25) is 0 Å². The summed E-state index contributed by atoms with van der Waals surface area (Å²) in [6, 6.07) is 18.5. The molecule has 1 heterocycles. The van der Waals surface area contributed by atoms with E-state index in [2.05, 4.69) is 34.5 Å². The Morgan fingerprint density at radius 3 is 2.22 bits per heavy atom. The third-order valence-electron chi connectivity index (χ3n) is 2.66. The van der Waals surface area contributed by atoms with Gasteiger partial charge in [-0.2, -0.15) is 0 Å². The zero-order chi connectivity index (χ0) is 12.4. The highest BCUT2D eigenvalue weighted by Gasteiger charge is 2.05. The summed E-state index contributed by atoms with van der Waals surface area (Å²) in [4.78, 5) is 0. The summed E-state index contributed by atoms with van der Waals surface area (Å²) < 4.78 is 0. The predicted molar refractivity (Wildman–Crippen MR) is 75.2 cm³/mol. The molecule has 0 aliphatic rings. The SMILES string of the molecule is Nc1nnc(-c2cccc(-c3ccccc3)c2)s1. The fourth-order valence-electron chi connectivity index (χ4n) is 1.81. The van der Waals surface area contributed by atoms with Crippen LogP contribution in [0.1, 0.15) is 0 Å². The molecule has 4 heteroatoms. The molecule has 0 radical (unpaired) electrons. The van der Waals surface area contributed by atoms with Crippen LogP contribution in [0.25, 0.3) is 21.7 Å². The molecule has 0 saturated heterocycles. The molecule has 0 atom stereocenters. The Kier molecular flexibility index (Phi) is 2.78. The van der Waals surface area contributed by atoms with E-state index in [1.807, 2.05) is 30.3 Å². The highest BCUT2D eigenvalue weighted by Crippen LogP contribution is 2.28. The Balaban J connectivity index is 2.05. The fraction of sp³-hybridized carbons (Fsp3) is 0. The van der Waals surface area contributed by atoms with E-state index in [1.54, 1.807) is 0 Å². The van der Waals surface area contributed by atoms with Crippen molar-refractivity contribution < 1.29 is 0 Å². The highest BCUT2D eigenvalue weighted by atomic mass is 32.1. The minimum Gasteiger partial charge on any atom is -0.374 e. The van der Waals surface area contributed by atoms with Crippen molar-refractivity contribution in [2.75, 3.05) is 5.73 Å². The molecule has 0 spiro atoms. The van der Waals surface area contributed by atoms with Gasteiger partial charge in [0.25, 0.3) is 0 Å². The molecule has 18 heavy (non-hydrogen) atoms. The number of hydrogen-bond donors (Lipinski definition) is 1. The van der Waals surface area contributed by atoms with Crippen LogP contribution in [0.15, 0.2) is 54.6 Å². The summed E-state index contributed by atoms with van der Waals surface area (Å²) in [7, 11) is 0. The first kappa shape index (κ1) is 10.9. The van der Waals surface area contributed by atoms with Crippen LogP contribution in [-0.4, -0.2) is 10.2 Å². The first-order valence-electron chi connectivity index (χ1n) is 5.58. The van der Waals surface area contributed by atoms with Gasteiger partial charge in [-0.1, -0.05) is 59.9 Å². The normalized spacial score (nSPS) is 10.4. The molecule has 0 aliphatic carbocycles. The maximum Gasteiger partial charge on any atom is 0.203 e. The third kappa shape index (κ3) is 2.10. The zero-order valence-corrected chi connectivity index (χ0v) is 10.4. The van der Waals surface area contributed by atoms with Crippen LogP contribution in [0.5, 0.6) is 0 Å². The Labute approximate surface area is 109 Å². The number of nitrogens with zero attached hydrogens (tertiary/aromatic N) is 2. The van der Waals surface area contributed by atoms with Gasteiger partial charge >= 0.3 is 0 Å². The van der Waals surface area contributed by atoms with Crippen LogP contribution < -0.4 is 5.73 Å². The summed E-state index contributed by atoms with van der Waals surface area (Å²) in [5, 5.41) is 9.25. The van der Waals surface area contributed by atoms with Gasteiger partial charge < -0.3 is 5.73 Å². The Morgan fingerprint density at radius 2 is 1.50 bits per heavy atom. The molecule has 3 aromatic rings. The van der Waals surface area contributed by atoms with Crippen molar-refractivity contribution in [3.05, 3.63) is 54.6 Å². The Morgan fingerprint density at radius 1 is 0.778 bits per heavy atom. The lowest BCUT2D eigenvalue weighted by Gasteiger charge is -2.03. The molecule has 88 valence electrons. The van der Waals surface area contributed by atoms with E-state index < -0.39 is 0 Å². The number of aromatic nitrogens is 2. The number of nitrogens with two attached hydrogens (primary N) is 1. The lowest BCUT2D eigenvalue weighted by Crippen LogP contribution is -1.81. The molecule has 0 amide bonds. The van der Waals surface area contributed by atoms with E-state index in [1.165, 1.54) is 22.5 Å². The highest BCUT2D eigenvalue weighted by molar-refractivity contribution is 7.18. The molecule has 2 aromatic carbocycles. The van der Waals surface area contributed by atoms with Gasteiger partial charge in [0.2, 0.25) is 5.13 Å². The molecule has 2 N–H and O–H groups in total. The van der Waals surface area contributed by atoms with Crippen LogP contribution in [-0.2, 0) is 0 Å². The molecule has 0 saturated carbocycles. The van der Waals surface area contributed by atoms with Crippen molar-refractivity contribution in [2.24, 2.45) is 0 Å².